The van der Waals surface area contributed by atoms with Crippen LogP contribution in [-0.4, -0.2) is 31.1 Å². The lowest BCUT2D eigenvalue weighted by molar-refractivity contribution is -0.384. The molecule has 0 bridgehead atoms. The first kappa shape index (κ1) is 11.9. The monoisotopic (exact) mass is 235 g/mol. The Morgan fingerprint density at radius 2 is 2.18 bits per heavy atom. The van der Waals surface area contributed by atoms with E-state index in [4.69, 9.17) is 0 Å². The third-order valence-corrected chi connectivity index (χ3v) is 3.01. The van der Waals surface area contributed by atoms with Crippen LogP contribution in [0.3, 0.4) is 0 Å². The molecule has 2 rings (SSSR count). The van der Waals surface area contributed by atoms with Gasteiger partial charge in [-0.05, 0) is 31.5 Å². The van der Waals surface area contributed by atoms with Gasteiger partial charge < -0.3 is 10.2 Å². The molecule has 5 heteroatoms. The highest BCUT2D eigenvalue weighted by Crippen LogP contribution is 2.29. The fraction of sp³-hybridized carbons (Fsp3) is 0.500. The van der Waals surface area contributed by atoms with E-state index in [9.17, 15) is 10.1 Å². The van der Waals surface area contributed by atoms with Crippen LogP contribution in [0.15, 0.2) is 18.2 Å². The van der Waals surface area contributed by atoms with Crippen LogP contribution in [0.25, 0.3) is 0 Å². The Morgan fingerprint density at radius 1 is 1.35 bits per heavy atom. The van der Waals surface area contributed by atoms with Gasteiger partial charge in [0.25, 0.3) is 5.69 Å². The van der Waals surface area contributed by atoms with Crippen molar-refractivity contribution in [1.82, 2.24) is 5.32 Å². The van der Waals surface area contributed by atoms with Crippen molar-refractivity contribution in [2.45, 2.75) is 13.3 Å². The van der Waals surface area contributed by atoms with E-state index < -0.39 is 0 Å². The van der Waals surface area contributed by atoms with Gasteiger partial charge in [0.1, 0.15) is 5.69 Å². The van der Waals surface area contributed by atoms with Crippen LogP contribution >= 0.6 is 0 Å². The normalized spacial score (nSPS) is 16.6. The zero-order chi connectivity index (χ0) is 12.3. The molecule has 1 fully saturated rings. The van der Waals surface area contributed by atoms with Crippen molar-refractivity contribution in [2.75, 3.05) is 31.1 Å². The Balaban J connectivity index is 2.34. The van der Waals surface area contributed by atoms with Crippen LogP contribution < -0.4 is 10.2 Å². The van der Waals surface area contributed by atoms with Gasteiger partial charge in [0.05, 0.1) is 4.92 Å². The highest BCUT2D eigenvalue weighted by Gasteiger charge is 2.20. The summed E-state index contributed by atoms with van der Waals surface area (Å²) in [5, 5.41) is 14.3. The van der Waals surface area contributed by atoms with E-state index >= 15 is 0 Å². The van der Waals surface area contributed by atoms with Crippen LogP contribution in [0, 0.1) is 17.0 Å². The SMILES string of the molecule is Cc1ccc([N+](=O)[O-])c(N2CCCNCC2)c1. The number of hydrogen-bond acceptors (Lipinski definition) is 4. The van der Waals surface area contributed by atoms with Gasteiger partial charge in [-0.2, -0.15) is 0 Å². The second-order valence-corrected chi connectivity index (χ2v) is 4.34. The van der Waals surface area contributed by atoms with Gasteiger partial charge >= 0.3 is 0 Å². The van der Waals surface area contributed by atoms with E-state index in [0.717, 1.165) is 43.9 Å². The minimum atomic E-state index is -0.299. The summed E-state index contributed by atoms with van der Waals surface area (Å²) >= 11 is 0. The van der Waals surface area contributed by atoms with E-state index in [1.165, 1.54) is 0 Å². The summed E-state index contributed by atoms with van der Waals surface area (Å²) in [6.07, 6.45) is 1.02. The Morgan fingerprint density at radius 3 is 2.94 bits per heavy atom. The lowest BCUT2D eigenvalue weighted by Crippen LogP contribution is -2.28. The number of anilines is 1. The summed E-state index contributed by atoms with van der Waals surface area (Å²) < 4.78 is 0. The number of hydrogen-bond donors (Lipinski definition) is 1. The largest absolute Gasteiger partial charge is 0.365 e. The van der Waals surface area contributed by atoms with E-state index in [1.807, 2.05) is 13.0 Å². The summed E-state index contributed by atoms with van der Waals surface area (Å²) in [4.78, 5) is 12.8. The van der Waals surface area contributed by atoms with Crippen LogP contribution in [-0.2, 0) is 0 Å². The number of benzene rings is 1. The third kappa shape index (κ3) is 2.74. The molecule has 0 radical (unpaired) electrons. The number of nitro groups is 1. The van der Waals surface area contributed by atoms with Crippen molar-refractivity contribution in [1.29, 1.82) is 0 Å². The van der Waals surface area contributed by atoms with Gasteiger partial charge in [-0.3, -0.25) is 10.1 Å². The third-order valence-electron chi connectivity index (χ3n) is 3.01. The maximum Gasteiger partial charge on any atom is 0.292 e. The zero-order valence-corrected chi connectivity index (χ0v) is 9.98. The Labute approximate surface area is 101 Å². The molecule has 0 amide bonds. The number of nitrogens with zero attached hydrogens (tertiary/aromatic N) is 2. The lowest BCUT2D eigenvalue weighted by atomic mass is 10.1. The van der Waals surface area contributed by atoms with E-state index in [0.29, 0.717) is 0 Å². The average Bonchev–Trinajstić information content (AvgIpc) is 2.56. The molecule has 1 N–H and O–H groups in total. The van der Waals surface area contributed by atoms with E-state index in [2.05, 4.69) is 10.2 Å². The predicted molar refractivity (Wildman–Crippen MR) is 67.5 cm³/mol. The fourth-order valence-corrected chi connectivity index (χ4v) is 2.13. The number of nitro benzene ring substituents is 1. The summed E-state index contributed by atoms with van der Waals surface area (Å²) in [6.45, 7) is 5.52. The molecular weight excluding hydrogens is 218 g/mol. The van der Waals surface area contributed by atoms with Crippen LogP contribution in [0.2, 0.25) is 0 Å². The minimum absolute atomic E-state index is 0.206. The zero-order valence-electron chi connectivity index (χ0n) is 9.98. The van der Waals surface area contributed by atoms with Gasteiger partial charge in [0.15, 0.2) is 0 Å². The molecule has 1 aliphatic heterocycles. The fourth-order valence-electron chi connectivity index (χ4n) is 2.13. The van der Waals surface area contributed by atoms with Gasteiger partial charge in [-0.25, -0.2) is 0 Å². The molecule has 0 aliphatic carbocycles. The van der Waals surface area contributed by atoms with E-state index in [-0.39, 0.29) is 10.6 Å². The second-order valence-electron chi connectivity index (χ2n) is 4.34. The van der Waals surface area contributed by atoms with Gasteiger partial charge in [-0.1, -0.05) is 6.07 Å². The highest BCUT2D eigenvalue weighted by atomic mass is 16.6. The minimum Gasteiger partial charge on any atom is -0.365 e. The van der Waals surface area contributed by atoms with Gasteiger partial charge in [0.2, 0.25) is 0 Å². The number of nitrogens with one attached hydrogen (secondary N) is 1. The molecule has 0 spiro atoms. The van der Waals surface area contributed by atoms with Crippen LogP contribution in [0.1, 0.15) is 12.0 Å². The summed E-state index contributed by atoms with van der Waals surface area (Å²) in [7, 11) is 0. The average molecular weight is 235 g/mol. The predicted octanol–water partition coefficient (Wildman–Crippen LogP) is 1.70. The van der Waals surface area contributed by atoms with Crippen LogP contribution in [0.5, 0.6) is 0 Å². The summed E-state index contributed by atoms with van der Waals surface area (Å²) in [6, 6.07) is 5.30. The molecule has 1 heterocycles. The van der Waals surface area contributed by atoms with Crippen molar-refractivity contribution in [3.63, 3.8) is 0 Å². The molecule has 0 unspecified atom stereocenters. The van der Waals surface area contributed by atoms with Crippen molar-refractivity contribution >= 4 is 11.4 Å². The maximum absolute atomic E-state index is 11.0. The lowest BCUT2D eigenvalue weighted by Gasteiger charge is -2.22. The molecular formula is C12H17N3O2. The Bertz CT molecular complexity index is 412. The Hall–Kier alpha value is -1.62. The van der Waals surface area contributed by atoms with Gasteiger partial charge in [-0.15, -0.1) is 0 Å². The molecule has 17 heavy (non-hydrogen) atoms. The molecule has 1 aromatic carbocycles. The first-order valence-corrected chi connectivity index (χ1v) is 5.89. The van der Waals surface area contributed by atoms with Crippen molar-refractivity contribution < 1.29 is 4.92 Å². The molecule has 0 atom stereocenters. The van der Waals surface area contributed by atoms with Crippen LogP contribution in [0.4, 0.5) is 11.4 Å². The van der Waals surface area contributed by atoms with Crippen molar-refractivity contribution in [2.24, 2.45) is 0 Å². The molecule has 92 valence electrons. The quantitative estimate of drug-likeness (QED) is 0.626. The summed E-state index contributed by atoms with van der Waals surface area (Å²) in [5.41, 5.74) is 2.01. The smallest absolute Gasteiger partial charge is 0.292 e. The molecule has 1 saturated heterocycles. The molecule has 5 nitrogen and oxygen atoms in total. The molecule has 0 saturated carbocycles. The van der Waals surface area contributed by atoms with Crippen molar-refractivity contribution in [3.05, 3.63) is 33.9 Å². The maximum atomic E-state index is 11.0. The standard InChI is InChI=1S/C12H17N3O2/c1-10-3-4-11(15(16)17)12(9-10)14-7-2-5-13-6-8-14/h3-4,9,13H,2,5-8H2,1H3. The first-order chi connectivity index (χ1) is 8.18. The second kappa shape index (κ2) is 5.14. The van der Waals surface area contributed by atoms with Gasteiger partial charge in [0, 0.05) is 25.7 Å². The van der Waals surface area contributed by atoms with Crippen molar-refractivity contribution in [3.8, 4) is 0 Å². The number of aryl methyl sites for hydroxylation is 1. The Kier molecular flexibility index (Phi) is 3.58. The highest BCUT2D eigenvalue weighted by molar-refractivity contribution is 5.64. The van der Waals surface area contributed by atoms with E-state index in [1.54, 1.807) is 12.1 Å². The molecule has 1 aromatic rings. The topological polar surface area (TPSA) is 58.4 Å². The summed E-state index contributed by atoms with van der Waals surface area (Å²) in [5.74, 6) is 0. The first-order valence-electron chi connectivity index (χ1n) is 5.89. The molecule has 1 aliphatic rings. The number of rotatable bonds is 2. The molecule has 0 aromatic heterocycles.